The third-order valence-corrected chi connectivity index (χ3v) is 4.70. The van der Waals surface area contributed by atoms with Gasteiger partial charge in [0.15, 0.2) is 0 Å². The van der Waals surface area contributed by atoms with Crippen molar-refractivity contribution in [2.45, 2.75) is 32.7 Å². The number of carbonyl (C=O) groups excluding carboxylic acids is 1. The van der Waals surface area contributed by atoms with E-state index < -0.39 is 0 Å². The first-order valence-corrected chi connectivity index (χ1v) is 7.42. The quantitative estimate of drug-likeness (QED) is 0.786. The van der Waals surface area contributed by atoms with Gasteiger partial charge in [0.05, 0.1) is 13.0 Å². The first kappa shape index (κ1) is 13.6. The maximum atomic E-state index is 11.6. The summed E-state index contributed by atoms with van der Waals surface area (Å²) in [7, 11) is 1.48. The Labute approximate surface area is 113 Å². The Kier molecular flexibility index (Phi) is 4.78. The normalized spacial score (nSPS) is 20.9. The summed E-state index contributed by atoms with van der Waals surface area (Å²) < 4.78 is 4.85. The molecule has 2 rings (SSSR count). The van der Waals surface area contributed by atoms with Crippen LogP contribution in [0.3, 0.4) is 0 Å². The van der Waals surface area contributed by atoms with Crippen molar-refractivity contribution < 1.29 is 9.53 Å². The second-order valence-electron chi connectivity index (χ2n) is 4.82. The van der Waals surface area contributed by atoms with Gasteiger partial charge in [-0.05, 0) is 37.9 Å². The fourth-order valence-electron chi connectivity index (χ4n) is 2.48. The minimum absolute atomic E-state index is 0.0554. The standard InChI is InChI=1S/C14H21NO2S/c1-3-12-6-7-13(18-12)10-15-8-4-5-11(9-15)14(16)17-2/h6-7,11H,3-5,8-10H2,1-2H3/t11-/m0/s1. The summed E-state index contributed by atoms with van der Waals surface area (Å²) in [5, 5.41) is 0. The van der Waals surface area contributed by atoms with Crippen LogP contribution in [-0.4, -0.2) is 31.1 Å². The number of aryl methyl sites for hydroxylation is 1. The summed E-state index contributed by atoms with van der Waals surface area (Å²) >= 11 is 1.88. The van der Waals surface area contributed by atoms with E-state index in [0.29, 0.717) is 0 Å². The largest absolute Gasteiger partial charge is 0.469 e. The molecule has 1 aliphatic rings. The van der Waals surface area contributed by atoms with Crippen LogP contribution in [0.15, 0.2) is 12.1 Å². The van der Waals surface area contributed by atoms with Crippen LogP contribution in [-0.2, 0) is 22.5 Å². The lowest BCUT2D eigenvalue weighted by atomic mass is 9.98. The fourth-order valence-corrected chi connectivity index (χ4v) is 3.48. The number of piperidine rings is 1. The topological polar surface area (TPSA) is 29.5 Å². The molecule has 0 bridgehead atoms. The maximum absolute atomic E-state index is 11.6. The highest BCUT2D eigenvalue weighted by Crippen LogP contribution is 2.23. The lowest BCUT2D eigenvalue weighted by Gasteiger charge is -2.30. The molecule has 2 heterocycles. The zero-order chi connectivity index (χ0) is 13.0. The lowest BCUT2D eigenvalue weighted by molar-refractivity contribution is -0.147. The van der Waals surface area contributed by atoms with Gasteiger partial charge in [0.25, 0.3) is 0 Å². The van der Waals surface area contributed by atoms with Crippen LogP contribution in [0, 0.1) is 5.92 Å². The van der Waals surface area contributed by atoms with Crippen LogP contribution in [0.25, 0.3) is 0 Å². The number of ether oxygens (including phenoxy) is 1. The average Bonchev–Trinajstić information content (AvgIpc) is 2.86. The van der Waals surface area contributed by atoms with E-state index in [1.165, 1.54) is 16.9 Å². The molecule has 0 aromatic carbocycles. The number of nitrogens with zero attached hydrogens (tertiary/aromatic N) is 1. The van der Waals surface area contributed by atoms with Crippen molar-refractivity contribution in [2.75, 3.05) is 20.2 Å². The highest BCUT2D eigenvalue weighted by molar-refractivity contribution is 7.11. The summed E-state index contributed by atoms with van der Waals surface area (Å²) in [4.78, 5) is 16.8. The van der Waals surface area contributed by atoms with E-state index in [1.807, 2.05) is 11.3 Å². The van der Waals surface area contributed by atoms with Gasteiger partial charge >= 0.3 is 5.97 Å². The number of hydrogen-bond donors (Lipinski definition) is 0. The summed E-state index contributed by atoms with van der Waals surface area (Å²) in [5.74, 6) is 0.00878. The smallest absolute Gasteiger partial charge is 0.309 e. The molecule has 18 heavy (non-hydrogen) atoms. The van der Waals surface area contributed by atoms with Gasteiger partial charge in [-0.1, -0.05) is 6.92 Å². The van der Waals surface area contributed by atoms with Gasteiger partial charge in [-0.25, -0.2) is 0 Å². The molecule has 100 valence electrons. The van der Waals surface area contributed by atoms with E-state index >= 15 is 0 Å². The molecule has 1 fully saturated rings. The number of thiophene rings is 1. The fraction of sp³-hybridized carbons (Fsp3) is 0.643. The van der Waals surface area contributed by atoms with Gasteiger partial charge < -0.3 is 4.74 Å². The molecule has 1 aliphatic heterocycles. The Hall–Kier alpha value is -0.870. The Morgan fingerprint density at radius 3 is 2.94 bits per heavy atom. The first-order chi connectivity index (χ1) is 8.72. The Morgan fingerprint density at radius 1 is 1.50 bits per heavy atom. The van der Waals surface area contributed by atoms with Crippen LogP contribution in [0.2, 0.25) is 0 Å². The molecule has 4 heteroatoms. The monoisotopic (exact) mass is 267 g/mol. The van der Waals surface area contributed by atoms with Crippen LogP contribution in [0.1, 0.15) is 29.5 Å². The van der Waals surface area contributed by atoms with E-state index in [1.54, 1.807) is 0 Å². The Morgan fingerprint density at radius 2 is 2.28 bits per heavy atom. The SMILES string of the molecule is CCc1ccc(CN2CCC[C@H](C(=O)OC)C2)s1. The van der Waals surface area contributed by atoms with Crippen molar-refractivity contribution >= 4 is 17.3 Å². The molecule has 0 aliphatic carbocycles. The maximum Gasteiger partial charge on any atom is 0.309 e. The van der Waals surface area contributed by atoms with Gasteiger partial charge in [0.2, 0.25) is 0 Å². The van der Waals surface area contributed by atoms with Gasteiger partial charge in [0.1, 0.15) is 0 Å². The highest BCUT2D eigenvalue weighted by Gasteiger charge is 2.26. The number of hydrogen-bond acceptors (Lipinski definition) is 4. The third kappa shape index (κ3) is 3.33. The first-order valence-electron chi connectivity index (χ1n) is 6.60. The third-order valence-electron chi connectivity index (χ3n) is 3.49. The van der Waals surface area contributed by atoms with Gasteiger partial charge in [0, 0.05) is 22.8 Å². The minimum Gasteiger partial charge on any atom is -0.469 e. The van der Waals surface area contributed by atoms with E-state index in [2.05, 4.69) is 24.0 Å². The molecule has 1 aromatic heterocycles. The van der Waals surface area contributed by atoms with Crippen LogP contribution < -0.4 is 0 Å². The molecule has 1 atom stereocenters. The number of esters is 1. The number of rotatable bonds is 4. The van der Waals surface area contributed by atoms with E-state index in [4.69, 9.17) is 4.74 Å². The molecule has 0 amide bonds. The van der Waals surface area contributed by atoms with E-state index in [-0.39, 0.29) is 11.9 Å². The average molecular weight is 267 g/mol. The van der Waals surface area contributed by atoms with Crippen molar-refractivity contribution in [3.63, 3.8) is 0 Å². The second-order valence-corrected chi connectivity index (χ2v) is 6.07. The van der Waals surface area contributed by atoms with Crippen molar-refractivity contribution in [3.05, 3.63) is 21.9 Å². The summed E-state index contributed by atoms with van der Waals surface area (Å²) in [6.07, 6.45) is 3.16. The van der Waals surface area contributed by atoms with Crippen LogP contribution in [0.4, 0.5) is 0 Å². The summed E-state index contributed by atoms with van der Waals surface area (Å²) in [6.45, 7) is 5.08. The minimum atomic E-state index is -0.0554. The van der Waals surface area contributed by atoms with Crippen molar-refractivity contribution in [1.29, 1.82) is 0 Å². The number of likely N-dealkylation sites (tertiary alicyclic amines) is 1. The molecule has 1 saturated heterocycles. The van der Waals surface area contributed by atoms with Gasteiger partial charge in [-0.3, -0.25) is 9.69 Å². The molecule has 0 saturated carbocycles. The molecule has 0 unspecified atom stereocenters. The van der Waals surface area contributed by atoms with Crippen LogP contribution in [0.5, 0.6) is 0 Å². The molecular weight excluding hydrogens is 246 g/mol. The number of methoxy groups -OCH3 is 1. The molecule has 1 aromatic rings. The number of carbonyl (C=O) groups is 1. The Bertz CT molecular complexity index is 402. The second kappa shape index (κ2) is 6.34. The predicted molar refractivity (Wildman–Crippen MR) is 73.7 cm³/mol. The zero-order valence-electron chi connectivity index (χ0n) is 11.1. The molecule has 3 nitrogen and oxygen atoms in total. The summed E-state index contributed by atoms with van der Waals surface area (Å²) in [5.41, 5.74) is 0. The Balaban J connectivity index is 1.91. The van der Waals surface area contributed by atoms with Gasteiger partial charge in [-0.15, -0.1) is 11.3 Å². The van der Waals surface area contributed by atoms with Crippen molar-refractivity contribution in [2.24, 2.45) is 5.92 Å². The zero-order valence-corrected chi connectivity index (χ0v) is 12.0. The molecule has 0 radical (unpaired) electrons. The predicted octanol–water partition coefficient (Wildman–Crippen LogP) is 2.70. The van der Waals surface area contributed by atoms with Crippen molar-refractivity contribution in [3.8, 4) is 0 Å². The molecular formula is C14H21NO2S. The van der Waals surface area contributed by atoms with Crippen LogP contribution >= 0.6 is 11.3 Å². The summed E-state index contributed by atoms with van der Waals surface area (Å²) in [6, 6.07) is 4.42. The highest BCUT2D eigenvalue weighted by atomic mass is 32.1. The molecule has 0 spiro atoms. The van der Waals surface area contributed by atoms with Crippen molar-refractivity contribution in [1.82, 2.24) is 4.90 Å². The lowest BCUT2D eigenvalue weighted by Crippen LogP contribution is -2.38. The molecule has 0 N–H and O–H groups in total. The van der Waals surface area contributed by atoms with Gasteiger partial charge in [-0.2, -0.15) is 0 Å². The van der Waals surface area contributed by atoms with E-state index in [9.17, 15) is 4.79 Å². The van der Waals surface area contributed by atoms with E-state index in [0.717, 1.165) is 38.9 Å².